The van der Waals surface area contributed by atoms with Crippen molar-refractivity contribution in [1.82, 2.24) is 14.9 Å². The van der Waals surface area contributed by atoms with Gasteiger partial charge in [0.15, 0.2) is 0 Å². The lowest BCUT2D eigenvalue weighted by molar-refractivity contribution is 0.266. The molecule has 1 aliphatic heterocycles. The zero-order valence-electron chi connectivity index (χ0n) is 13.4. The molecule has 1 aliphatic rings. The molecule has 0 aliphatic carbocycles. The Kier molecular flexibility index (Phi) is 5.76. The Balaban J connectivity index is 1.92. The molecule has 1 aromatic rings. The molecule has 1 aromatic heterocycles. The molecular weight excluding hydrogens is 264 g/mol. The number of hydrogen-bond donors (Lipinski definition) is 3. The van der Waals surface area contributed by atoms with Crippen molar-refractivity contribution < 1.29 is 0 Å². The molecule has 0 spiro atoms. The lowest BCUT2D eigenvalue weighted by Gasteiger charge is -2.20. The Morgan fingerprint density at radius 2 is 2.14 bits per heavy atom. The van der Waals surface area contributed by atoms with Crippen LogP contribution in [0.1, 0.15) is 39.4 Å². The van der Waals surface area contributed by atoms with Crippen molar-refractivity contribution in [1.29, 1.82) is 0 Å². The van der Waals surface area contributed by atoms with E-state index in [-0.39, 0.29) is 0 Å². The highest BCUT2D eigenvalue weighted by atomic mass is 15.3. The van der Waals surface area contributed by atoms with Crippen molar-refractivity contribution in [3.05, 3.63) is 11.9 Å². The summed E-state index contributed by atoms with van der Waals surface area (Å²) in [4.78, 5) is 11.4. The minimum atomic E-state index is 0.637. The van der Waals surface area contributed by atoms with Crippen LogP contribution >= 0.6 is 0 Å². The first kappa shape index (κ1) is 16.0. The van der Waals surface area contributed by atoms with Gasteiger partial charge in [-0.3, -0.25) is 0 Å². The highest BCUT2D eigenvalue weighted by molar-refractivity contribution is 5.46. The van der Waals surface area contributed by atoms with Crippen molar-refractivity contribution in [3.8, 4) is 0 Å². The van der Waals surface area contributed by atoms with Gasteiger partial charge in [0.1, 0.15) is 17.5 Å². The summed E-state index contributed by atoms with van der Waals surface area (Å²) < 4.78 is 0. The lowest BCUT2D eigenvalue weighted by atomic mass is 10.1. The molecule has 0 aromatic carbocycles. The Bertz CT molecular complexity index is 448. The van der Waals surface area contributed by atoms with E-state index in [4.69, 9.17) is 5.84 Å². The SMILES string of the molecule is CCCc1nc(NN)cc(NCC2CCN(C(C)C)C2)n1. The molecule has 118 valence electrons. The molecule has 6 nitrogen and oxygen atoms in total. The Hall–Kier alpha value is -1.40. The smallest absolute Gasteiger partial charge is 0.145 e. The first-order valence-electron chi connectivity index (χ1n) is 7.94. The standard InChI is InChI=1S/C15H28N6/c1-4-5-13-18-14(8-15(19-13)20-16)17-9-12-6-7-21(10-12)11(2)3/h8,11-12H,4-7,9-10,16H2,1-3H3,(H2,17,18,19,20). The average molecular weight is 292 g/mol. The fraction of sp³-hybridized carbons (Fsp3) is 0.733. The highest BCUT2D eigenvalue weighted by Crippen LogP contribution is 2.19. The predicted molar refractivity (Wildman–Crippen MR) is 87.1 cm³/mol. The third-order valence-corrected chi connectivity index (χ3v) is 4.01. The second-order valence-corrected chi connectivity index (χ2v) is 6.07. The van der Waals surface area contributed by atoms with Gasteiger partial charge in [-0.15, -0.1) is 0 Å². The van der Waals surface area contributed by atoms with Crippen LogP contribution in [0.15, 0.2) is 6.07 Å². The van der Waals surface area contributed by atoms with E-state index in [1.54, 1.807) is 0 Å². The molecule has 2 rings (SSSR count). The van der Waals surface area contributed by atoms with Gasteiger partial charge in [-0.25, -0.2) is 15.8 Å². The zero-order chi connectivity index (χ0) is 15.2. The Morgan fingerprint density at radius 1 is 1.38 bits per heavy atom. The van der Waals surface area contributed by atoms with Crippen LogP contribution in [-0.4, -0.2) is 40.5 Å². The third-order valence-electron chi connectivity index (χ3n) is 4.01. The number of nitrogens with two attached hydrogens (primary N) is 1. The maximum Gasteiger partial charge on any atom is 0.145 e. The highest BCUT2D eigenvalue weighted by Gasteiger charge is 2.23. The largest absolute Gasteiger partial charge is 0.370 e. The first-order chi connectivity index (χ1) is 10.1. The average Bonchev–Trinajstić information content (AvgIpc) is 2.94. The maximum atomic E-state index is 5.48. The van der Waals surface area contributed by atoms with E-state index >= 15 is 0 Å². The van der Waals surface area contributed by atoms with E-state index in [9.17, 15) is 0 Å². The van der Waals surface area contributed by atoms with Gasteiger partial charge < -0.3 is 15.6 Å². The van der Waals surface area contributed by atoms with Gasteiger partial charge in [0, 0.05) is 31.6 Å². The summed E-state index contributed by atoms with van der Waals surface area (Å²) in [7, 11) is 0. The number of hydrogen-bond acceptors (Lipinski definition) is 6. The first-order valence-corrected chi connectivity index (χ1v) is 7.94. The van der Waals surface area contributed by atoms with Crippen molar-refractivity contribution >= 4 is 11.6 Å². The molecule has 6 heteroatoms. The van der Waals surface area contributed by atoms with Crippen molar-refractivity contribution in [2.24, 2.45) is 11.8 Å². The summed E-state index contributed by atoms with van der Waals surface area (Å²) in [6, 6.07) is 2.51. The van der Waals surface area contributed by atoms with E-state index in [1.165, 1.54) is 19.5 Å². The number of aromatic nitrogens is 2. The number of nitrogens with one attached hydrogen (secondary N) is 2. The van der Waals surface area contributed by atoms with Crippen LogP contribution in [0.3, 0.4) is 0 Å². The molecular formula is C15H28N6. The predicted octanol–water partition coefficient (Wildman–Crippen LogP) is 1.86. The van der Waals surface area contributed by atoms with Crippen molar-refractivity contribution in [2.45, 2.75) is 46.1 Å². The van der Waals surface area contributed by atoms with Gasteiger partial charge in [0.05, 0.1) is 0 Å². The normalized spacial score (nSPS) is 19.2. The molecule has 2 heterocycles. The van der Waals surface area contributed by atoms with Gasteiger partial charge in [0.25, 0.3) is 0 Å². The summed E-state index contributed by atoms with van der Waals surface area (Å²) in [5, 5.41) is 3.45. The van der Waals surface area contributed by atoms with Gasteiger partial charge in [-0.05, 0) is 39.2 Å². The minimum absolute atomic E-state index is 0.637. The Labute approximate surface area is 127 Å². The number of hydrazine groups is 1. The second kappa shape index (κ2) is 7.56. The fourth-order valence-electron chi connectivity index (χ4n) is 2.74. The summed E-state index contributed by atoms with van der Waals surface area (Å²) in [6.45, 7) is 9.96. The number of rotatable bonds is 7. The van der Waals surface area contributed by atoms with Crippen LogP contribution in [-0.2, 0) is 6.42 Å². The lowest BCUT2D eigenvalue weighted by Crippen LogP contribution is -2.29. The van der Waals surface area contributed by atoms with E-state index in [0.29, 0.717) is 17.8 Å². The van der Waals surface area contributed by atoms with Crippen molar-refractivity contribution in [2.75, 3.05) is 30.4 Å². The van der Waals surface area contributed by atoms with Gasteiger partial charge in [0.2, 0.25) is 0 Å². The van der Waals surface area contributed by atoms with Crippen LogP contribution in [0.5, 0.6) is 0 Å². The number of nitrogens with zero attached hydrogens (tertiary/aromatic N) is 3. The molecule has 0 radical (unpaired) electrons. The minimum Gasteiger partial charge on any atom is -0.370 e. The maximum absolute atomic E-state index is 5.48. The van der Waals surface area contributed by atoms with Crippen LogP contribution < -0.4 is 16.6 Å². The van der Waals surface area contributed by atoms with Gasteiger partial charge in [-0.1, -0.05) is 6.92 Å². The van der Waals surface area contributed by atoms with Crippen LogP contribution in [0, 0.1) is 5.92 Å². The molecule has 1 unspecified atom stereocenters. The third kappa shape index (κ3) is 4.54. The molecule has 1 atom stereocenters. The quantitative estimate of drug-likeness (QED) is 0.526. The molecule has 0 bridgehead atoms. The van der Waals surface area contributed by atoms with Crippen LogP contribution in [0.2, 0.25) is 0 Å². The number of anilines is 2. The van der Waals surface area contributed by atoms with E-state index < -0.39 is 0 Å². The Morgan fingerprint density at radius 3 is 2.76 bits per heavy atom. The van der Waals surface area contributed by atoms with Gasteiger partial charge >= 0.3 is 0 Å². The molecule has 1 fully saturated rings. The van der Waals surface area contributed by atoms with Gasteiger partial charge in [-0.2, -0.15) is 0 Å². The van der Waals surface area contributed by atoms with Crippen molar-refractivity contribution in [3.63, 3.8) is 0 Å². The topological polar surface area (TPSA) is 79.1 Å². The van der Waals surface area contributed by atoms with E-state index in [0.717, 1.165) is 31.0 Å². The van der Waals surface area contributed by atoms with E-state index in [2.05, 4.69) is 46.4 Å². The zero-order valence-corrected chi connectivity index (χ0v) is 13.4. The summed E-state index contributed by atoms with van der Waals surface area (Å²) >= 11 is 0. The number of aryl methyl sites for hydroxylation is 1. The fourth-order valence-corrected chi connectivity index (χ4v) is 2.74. The molecule has 1 saturated heterocycles. The van der Waals surface area contributed by atoms with Crippen LogP contribution in [0.4, 0.5) is 11.6 Å². The summed E-state index contributed by atoms with van der Waals surface area (Å²) in [5.74, 6) is 8.54. The van der Waals surface area contributed by atoms with Crippen LogP contribution in [0.25, 0.3) is 0 Å². The molecule has 4 N–H and O–H groups in total. The monoisotopic (exact) mass is 292 g/mol. The van der Waals surface area contributed by atoms with E-state index in [1.807, 2.05) is 6.07 Å². The second-order valence-electron chi connectivity index (χ2n) is 6.07. The number of likely N-dealkylation sites (tertiary alicyclic amines) is 1. The molecule has 0 saturated carbocycles. The molecule has 21 heavy (non-hydrogen) atoms. The molecule has 0 amide bonds. The summed E-state index contributed by atoms with van der Waals surface area (Å²) in [6.07, 6.45) is 3.15. The summed E-state index contributed by atoms with van der Waals surface area (Å²) in [5.41, 5.74) is 2.62. The number of nitrogen functional groups attached to an aromatic ring is 1.